The molecule has 2 fully saturated rings. The third kappa shape index (κ3) is 5.91. The van der Waals surface area contributed by atoms with Gasteiger partial charge in [0.05, 0.1) is 31.1 Å². The van der Waals surface area contributed by atoms with Crippen LogP contribution in [0.5, 0.6) is 0 Å². The zero-order valence-corrected chi connectivity index (χ0v) is 19.4. The summed E-state index contributed by atoms with van der Waals surface area (Å²) >= 11 is 0. The Morgan fingerprint density at radius 1 is 0.969 bits per heavy atom. The monoisotopic (exact) mass is 437 g/mol. The molecule has 4 rings (SSSR count). The van der Waals surface area contributed by atoms with Crippen LogP contribution >= 0.6 is 0 Å². The van der Waals surface area contributed by atoms with E-state index in [1.807, 2.05) is 29.4 Å². The second-order valence-corrected chi connectivity index (χ2v) is 8.94. The number of rotatable bonds is 7. The summed E-state index contributed by atoms with van der Waals surface area (Å²) < 4.78 is 5.40. The van der Waals surface area contributed by atoms with E-state index in [4.69, 9.17) is 4.74 Å². The van der Waals surface area contributed by atoms with Gasteiger partial charge in [-0.15, -0.1) is 0 Å². The van der Waals surface area contributed by atoms with E-state index in [9.17, 15) is 4.79 Å². The first-order valence-corrected chi connectivity index (χ1v) is 11.7. The van der Waals surface area contributed by atoms with Gasteiger partial charge in [-0.2, -0.15) is 0 Å². The van der Waals surface area contributed by atoms with E-state index in [1.165, 1.54) is 11.1 Å². The molecule has 0 atom stereocenters. The molecular weight excluding hydrogens is 402 g/mol. The largest absolute Gasteiger partial charge is 0.379 e. The van der Waals surface area contributed by atoms with Crippen molar-refractivity contribution >= 4 is 5.91 Å². The summed E-state index contributed by atoms with van der Waals surface area (Å²) in [6.07, 6.45) is 5.71. The van der Waals surface area contributed by atoms with Gasteiger partial charge < -0.3 is 9.64 Å². The fraction of sp³-hybridized carbons (Fsp3) is 0.560. The Morgan fingerprint density at radius 3 is 2.06 bits per heavy atom. The Balaban J connectivity index is 1.40. The molecular formula is C25H35N5O2. The molecule has 32 heavy (non-hydrogen) atoms. The third-order valence-electron chi connectivity index (χ3n) is 6.74. The van der Waals surface area contributed by atoms with E-state index in [0.717, 1.165) is 76.7 Å². The number of nitrogens with zero attached hydrogens (tertiary/aromatic N) is 5. The highest BCUT2D eigenvalue weighted by Crippen LogP contribution is 2.22. The van der Waals surface area contributed by atoms with Gasteiger partial charge in [0.1, 0.15) is 0 Å². The van der Waals surface area contributed by atoms with Crippen LogP contribution in [0, 0.1) is 13.8 Å². The molecule has 0 spiro atoms. The number of likely N-dealkylation sites (tertiary alicyclic amines) is 1. The van der Waals surface area contributed by atoms with Crippen LogP contribution in [0.4, 0.5) is 0 Å². The molecule has 0 aliphatic carbocycles. The van der Waals surface area contributed by atoms with Gasteiger partial charge in [-0.3, -0.25) is 24.6 Å². The minimum absolute atomic E-state index is 0.248. The van der Waals surface area contributed by atoms with Gasteiger partial charge in [0.25, 0.3) is 0 Å². The minimum atomic E-state index is 0.248. The SMILES string of the molecule is Cc1cccnc1CN(Cc1ncccc1C)C1CCN(C(=O)CN2CCOCC2)CC1. The molecule has 2 aromatic rings. The van der Waals surface area contributed by atoms with Crippen molar-refractivity contribution in [3.8, 4) is 0 Å². The molecule has 0 radical (unpaired) electrons. The van der Waals surface area contributed by atoms with E-state index >= 15 is 0 Å². The summed E-state index contributed by atoms with van der Waals surface area (Å²) in [5.74, 6) is 0.248. The lowest BCUT2D eigenvalue weighted by Gasteiger charge is -2.39. The van der Waals surface area contributed by atoms with Crippen molar-refractivity contribution in [3.05, 3.63) is 59.2 Å². The first-order valence-electron chi connectivity index (χ1n) is 11.7. The molecule has 2 saturated heterocycles. The average molecular weight is 438 g/mol. The normalized spacial score (nSPS) is 18.3. The number of carbonyl (C=O) groups excluding carboxylic acids is 1. The van der Waals surface area contributed by atoms with Crippen molar-refractivity contribution < 1.29 is 9.53 Å². The summed E-state index contributed by atoms with van der Waals surface area (Å²) in [4.78, 5) is 28.9. The molecule has 7 heteroatoms. The predicted molar refractivity (Wildman–Crippen MR) is 124 cm³/mol. The molecule has 0 saturated carbocycles. The number of aryl methyl sites for hydroxylation is 2. The van der Waals surface area contributed by atoms with Crippen LogP contribution in [0.1, 0.15) is 35.4 Å². The Bertz CT molecular complexity index is 844. The number of amides is 1. The molecule has 2 aliphatic rings. The summed E-state index contributed by atoms with van der Waals surface area (Å²) in [6, 6.07) is 8.64. The smallest absolute Gasteiger partial charge is 0.236 e. The molecule has 172 valence electrons. The maximum atomic E-state index is 12.8. The lowest BCUT2D eigenvalue weighted by molar-refractivity contribution is -0.135. The van der Waals surface area contributed by atoms with Crippen molar-refractivity contribution in [2.24, 2.45) is 0 Å². The highest BCUT2D eigenvalue weighted by Gasteiger charge is 2.29. The van der Waals surface area contributed by atoms with Gasteiger partial charge >= 0.3 is 0 Å². The summed E-state index contributed by atoms with van der Waals surface area (Å²) in [5.41, 5.74) is 4.67. The van der Waals surface area contributed by atoms with Crippen LogP contribution in [0.15, 0.2) is 36.7 Å². The van der Waals surface area contributed by atoms with Crippen LogP contribution in [0.25, 0.3) is 0 Å². The number of hydrogen-bond donors (Lipinski definition) is 0. The maximum absolute atomic E-state index is 12.8. The fourth-order valence-corrected chi connectivity index (χ4v) is 4.60. The first kappa shape index (κ1) is 22.8. The molecule has 4 heterocycles. The fourth-order valence-electron chi connectivity index (χ4n) is 4.60. The molecule has 7 nitrogen and oxygen atoms in total. The third-order valence-corrected chi connectivity index (χ3v) is 6.74. The van der Waals surface area contributed by atoms with Crippen LogP contribution in [-0.2, 0) is 22.6 Å². The Labute approximate surface area is 191 Å². The number of carbonyl (C=O) groups is 1. The lowest BCUT2D eigenvalue weighted by Crippen LogP contribution is -2.50. The van der Waals surface area contributed by atoms with E-state index in [1.54, 1.807) is 0 Å². The number of aromatic nitrogens is 2. The van der Waals surface area contributed by atoms with Crippen LogP contribution in [-0.4, -0.2) is 82.6 Å². The molecule has 1 amide bonds. The zero-order valence-electron chi connectivity index (χ0n) is 19.4. The van der Waals surface area contributed by atoms with E-state index in [0.29, 0.717) is 12.6 Å². The second-order valence-electron chi connectivity index (χ2n) is 8.94. The van der Waals surface area contributed by atoms with Crippen molar-refractivity contribution in [2.75, 3.05) is 45.9 Å². The average Bonchev–Trinajstić information content (AvgIpc) is 2.82. The van der Waals surface area contributed by atoms with Crippen molar-refractivity contribution in [1.29, 1.82) is 0 Å². The van der Waals surface area contributed by atoms with E-state index in [2.05, 4.69) is 45.7 Å². The number of ether oxygens (including phenoxy) is 1. The quantitative estimate of drug-likeness (QED) is 0.663. The van der Waals surface area contributed by atoms with E-state index in [-0.39, 0.29) is 5.91 Å². The molecule has 0 bridgehead atoms. The van der Waals surface area contributed by atoms with Gasteiger partial charge in [0.2, 0.25) is 5.91 Å². The maximum Gasteiger partial charge on any atom is 0.236 e. The van der Waals surface area contributed by atoms with Gasteiger partial charge in [-0.1, -0.05) is 12.1 Å². The molecule has 0 unspecified atom stereocenters. The lowest BCUT2D eigenvalue weighted by atomic mass is 10.0. The molecule has 2 aliphatic heterocycles. The number of piperidine rings is 1. The van der Waals surface area contributed by atoms with Gasteiger partial charge in [-0.25, -0.2) is 0 Å². The Morgan fingerprint density at radius 2 is 1.53 bits per heavy atom. The number of hydrogen-bond acceptors (Lipinski definition) is 6. The predicted octanol–water partition coefficient (Wildman–Crippen LogP) is 2.42. The van der Waals surface area contributed by atoms with Crippen molar-refractivity contribution in [3.63, 3.8) is 0 Å². The molecule has 0 aromatic carbocycles. The summed E-state index contributed by atoms with van der Waals surface area (Å²) in [5, 5.41) is 0. The first-order chi connectivity index (χ1) is 15.6. The topological polar surface area (TPSA) is 61.8 Å². The molecule has 0 N–H and O–H groups in total. The standard InChI is InChI=1S/C25H35N5O2/c1-20-5-3-9-26-23(20)17-30(18-24-21(2)6-4-10-27-24)22-7-11-29(12-8-22)25(31)19-28-13-15-32-16-14-28/h3-6,9-10,22H,7-8,11-19H2,1-2H3. The number of pyridine rings is 2. The van der Waals surface area contributed by atoms with Crippen LogP contribution < -0.4 is 0 Å². The van der Waals surface area contributed by atoms with Crippen molar-refractivity contribution in [1.82, 2.24) is 24.7 Å². The van der Waals surface area contributed by atoms with Crippen molar-refractivity contribution in [2.45, 2.75) is 45.8 Å². The summed E-state index contributed by atoms with van der Waals surface area (Å²) in [7, 11) is 0. The molecule has 2 aromatic heterocycles. The van der Waals surface area contributed by atoms with Gasteiger partial charge in [0, 0.05) is 57.7 Å². The van der Waals surface area contributed by atoms with E-state index < -0.39 is 0 Å². The van der Waals surface area contributed by atoms with Crippen LogP contribution in [0.2, 0.25) is 0 Å². The highest BCUT2D eigenvalue weighted by atomic mass is 16.5. The second kappa shape index (κ2) is 11.0. The van der Waals surface area contributed by atoms with Crippen LogP contribution in [0.3, 0.4) is 0 Å². The Hall–Kier alpha value is -2.35. The van der Waals surface area contributed by atoms with Gasteiger partial charge in [-0.05, 0) is 49.9 Å². The summed E-state index contributed by atoms with van der Waals surface area (Å²) in [6.45, 7) is 11.1. The number of morpholine rings is 1. The zero-order chi connectivity index (χ0) is 22.3. The highest BCUT2D eigenvalue weighted by molar-refractivity contribution is 5.78. The minimum Gasteiger partial charge on any atom is -0.379 e. The van der Waals surface area contributed by atoms with Gasteiger partial charge in [0.15, 0.2) is 0 Å². The Kier molecular flexibility index (Phi) is 7.84.